The van der Waals surface area contributed by atoms with E-state index in [0.29, 0.717) is 5.82 Å². The van der Waals surface area contributed by atoms with Crippen molar-refractivity contribution in [3.05, 3.63) is 36.0 Å². The summed E-state index contributed by atoms with van der Waals surface area (Å²) in [4.78, 5) is 8.93. The summed E-state index contributed by atoms with van der Waals surface area (Å²) >= 11 is 0. The molecule has 2 aromatic rings. The van der Waals surface area contributed by atoms with Crippen LogP contribution in [0.15, 0.2) is 29.2 Å². The third kappa shape index (κ3) is 2.76. The van der Waals surface area contributed by atoms with Crippen LogP contribution in [0.25, 0.3) is 11.4 Å². The summed E-state index contributed by atoms with van der Waals surface area (Å²) in [6.45, 7) is 7.32. The molecule has 0 fully saturated rings. The molecule has 2 heterocycles. The van der Waals surface area contributed by atoms with Crippen LogP contribution in [0.3, 0.4) is 0 Å². The van der Waals surface area contributed by atoms with Crippen LogP contribution in [0.4, 0.5) is 0 Å². The van der Waals surface area contributed by atoms with E-state index in [4.69, 9.17) is 4.42 Å². The van der Waals surface area contributed by atoms with Crippen molar-refractivity contribution >= 4 is 0 Å². The van der Waals surface area contributed by atoms with E-state index in [0.717, 1.165) is 29.8 Å². The van der Waals surface area contributed by atoms with Gasteiger partial charge < -0.3 is 9.73 Å². The first-order valence-corrected chi connectivity index (χ1v) is 6.32. The van der Waals surface area contributed by atoms with Gasteiger partial charge in [0, 0.05) is 23.5 Å². The van der Waals surface area contributed by atoms with Gasteiger partial charge in [-0.15, -0.1) is 0 Å². The van der Waals surface area contributed by atoms with E-state index in [1.807, 2.05) is 19.2 Å². The van der Waals surface area contributed by atoms with Crippen LogP contribution in [0.5, 0.6) is 0 Å². The fraction of sp³-hybridized carbons (Fsp3) is 0.429. The molecule has 1 N–H and O–H groups in total. The molecule has 4 nitrogen and oxygen atoms in total. The average molecular weight is 245 g/mol. The molecule has 18 heavy (non-hydrogen) atoms. The van der Waals surface area contributed by atoms with Crippen LogP contribution in [0, 0.1) is 6.92 Å². The fourth-order valence-corrected chi connectivity index (χ4v) is 1.90. The second-order valence-electron chi connectivity index (χ2n) is 4.42. The molecule has 2 aromatic heterocycles. The van der Waals surface area contributed by atoms with Crippen LogP contribution in [-0.2, 0) is 0 Å². The van der Waals surface area contributed by atoms with Gasteiger partial charge in [0.25, 0.3) is 0 Å². The summed E-state index contributed by atoms with van der Waals surface area (Å²) in [5.74, 6) is 0.715. The van der Waals surface area contributed by atoms with Gasteiger partial charge in [-0.2, -0.15) is 0 Å². The SMILES string of the molecule is CCCNC(C)c1cnc(-c2ccoc2)nc1C. The van der Waals surface area contributed by atoms with E-state index in [2.05, 4.69) is 29.1 Å². The molecule has 96 valence electrons. The summed E-state index contributed by atoms with van der Waals surface area (Å²) in [7, 11) is 0. The zero-order valence-corrected chi connectivity index (χ0v) is 11.1. The molecule has 0 bridgehead atoms. The molecule has 0 aliphatic rings. The number of rotatable bonds is 5. The van der Waals surface area contributed by atoms with Gasteiger partial charge in [0.05, 0.1) is 11.8 Å². The molecule has 2 rings (SSSR count). The Kier molecular flexibility index (Phi) is 4.10. The van der Waals surface area contributed by atoms with Crippen molar-refractivity contribution in [1.29, 1.82) is 0 Å². The lowest BCUT2D eigenvalue weighted by molar-refractivity contribution is 0.563. The topological polar surface area (TPSA) is 51.0 Å². The molecule has 1 atom stereocenters. The summed E-state index contributed by atoms with van der Waals surface area (Å²) in [6.07, 6.45) is 6.32. The normalized spacial score (nSPS) is 12.6. The summed E-state index contributed by atoms with van der Waals surface area (Å²) in [5, 5.41) is 3.45. The molecule has 4 heteroatoms. The van der Waals surface area contributed by atoms with Crippen LogP contribution in [0.1, 0.15) is 37.6 Å². The quantitative estimate of drug-likeness (QED) is 0.879. The second-order valence-corrected chi connectivity index (χ2v) is 4.42. The van der Waals surface area contributed by atoms with Crippen molar-refractivity contribution in [1.82, 2.24) is 15.3 Å². The first-order valence-electron chi connectivity index (χ1n) is 6.32. The van der Waals surface area contributed by atoms with Crippen molar-refractivity contribution in [2.75, 3.05) is 6.54 Å². The van der Waals surface area contributed by atoms with Gasteiger partial charge in [0.15, 0.2) is 5.82 Å². The van der Waals surface area contributed by atoms with Crippen molar-refractivity contribution in [3.8, 4) is 11.4 Å². The Morgan fingerprint density at radius 1 is 1.44 bits per heavy atom. The van der Waals surface area contributed by atoms with Crippen LogP contribution in [0.2, 0.25) is 0 Å². The third-order valence-corrected chi connectivity index (χ3v) is 2.96. The molecule has 0 saturated heterocycles. The number of hydrogen-bond donors (Lipinski definition) is 1. The van der Waals surface area contributed by atoms with E-state index in [1.165, 1.54) is 0 Å². The zero-order chi connectivity index (χ0) is 13.0. The molecule has 1 unspecified atom stereocenters. The standard InChI is InChI=1S/C14H19N3O/c1-4-6-15-10(2)13-8-16-14(17-11(13)3)12-5-7-18-9-12/h5,7-10,15H,4,6H2,1-3H3. The van der Waals surface area contributed by atoms with E-state index >= 15 is 0 Å². The van der Waals surface area contributed by atoms with Gasteiger partial charge in [-0.1, -0.05) is 6.92 Å². The van der Waals surface area contributed by atoms with Gasteiger partial charge in [0.1, 0.15) is 6.26 Å². The number of nitrogens with one attached hydrogen (secondary N) is 1. The summed E-state index contributed by atoms with van der Waals surface area (Å²) in [6, 6.07) is 2.15. The van der Waals surface area contributed by atoms with Gasteiger partial charge in [0.2, 0.25) is 0 Å². The highest BCUT2D eigenvalue weighted by Gasteiger charge is 2.11. The number of aryl methyl sites for hydroxylation is 1. The molecule has 0 aliphatic heterocycles. The summed E-state index contributed by atoms with van der Waals surface area (Å²) in [5.41, 5.74) is 3.08. The molecule has 0 radical (unpaired) electrons. The number of aromatic nitrogens is 2. The Hall–Kier alpha value is -1.68. The highest BCUT2D eigenvalue weighted by Crippen LogP contribution is 2.19. The minimum Gasteiger partial charge on any atom is -0.472 e. The maximum Gasteiger partial charge on any atom is 0.162 e. The van der Waals surface area contributed by atoms with Crippen LogP contribution >= 0.6 is 0 Å². The third-order valence-electron chi connectivity index (χ3n) is 2.96. The van der Waals surface area contributed by atoms with Crippen molar-refractivity contribution in [2.24, 2.45) is 0 Å². The maximum atomic E-state index is 5.05. The second kappa shape index (κ2) is 5.78. The molecule has 0 spiro atoms. The smallest absolute Gasteiger partial charge is 0.162 e. The number of furan rings is 1. The van der Waals surface area contributed by atoms with Gasteiger partial charge in [-0.25, -0.2) is 9.97 Å². The van der Waals surface area contributed by atoms with E-state index in [1.54, 1.807) is 12.5 Å². The zero-order valence-electron chi connectivity index (χ0n) is 11.1. The molecular formula is C14H19N3O. The maximum absolute atomic E-state index is 5.05. The average Bonchev–Trinajstić information content (AvgIpc) is 2.89. The van der Waals surface area contributed by atoms with Crippen molar-refractivity contribution in [3.63, 3.8) is 0 Å². The van der Waals surface area contributed by atoms with Crippen LogP contribution < -0.4 is 5.32 Å². The highest BCUT2D eigenvalue weighted by molar-refractivity contribution is 5.52. The molecule has 0 amide bonds. The first-order chi connectivity index (χ1) is 8.72. The predicted octanol–water partition coefficient (Wildman–Crippen LogP) is 3.11. The number of hydrogen-bond acceptors (Lipinski definition) is 4. The molecule has 0 saturated carbocycles. The summed E-state index contributed by atoms with van der Waals surface area (Å²) < 4.78 is 5.05. The fourth-order valence-electron chi connectivity index (χ4n) is 1.90. The lowest BCUT2D eigenvalue weighted by Gasteiger charge is -2.15. The Labute approximate surface area is 107 Å². The first kappa shape index (κ1) is 12.8. The van der Waals surface area contributed by atoms with E-state index in [9.17, 15) is 0 Å². The predicted molar refractivity (Wildman–Crippen MR) is 71.2 cm³/mol. The van der Waals surface area contributed by atoms with E-state index in [-0.39, 0.29) is 6.04 Å². The lowest BCUT2D eigenvalue weighted by atomic mass is 10.1. The monoisotopic (exact) mass is 245 g/mol. The lowest BCUT2D eigenvalue weighted by Crippen LogP contribution is -2.20. The Morgan fingerprint density at radius 2 is 2.28 bits per heavy atom. The Morgan fingerprint density at radius 3 is 2.89 bits per heavy atom. The van der Waals surface area contributed by atoms with E-state index < -0.39 is 0 Å². The van der Waals surface area contributed by atoms with Gasteiger partial charge >= 0.3 is 0 Å². The van der Waals surface area contributed by atoms with Crippen molar-refractivity contribution < 1.29 is 4.42 Å². The Balaban J connectivity index is 2.20. The molecule has 0 aromatic carbocycles. The van der Waals surface area contributed by atoms with Gasteiger partial charge in [-0.3, -0.25) is 0 Å². The highest BCUT2D eigenvalue weighted by atomic mass is 16.3. The molecule has 0 aliphatic carbocycles. The largest absolute Gasteiger partial charge is 0.472 e. The van der Waals surface area contributed by atoms with Gasteiger partial charge in [-0.05, 0) is 32.9 Å². The number of nitrogens with zero attached hydrogens (tertiary/aromatic N) is 2. The molecular weight excluding hydrogens is 226 g/mol. The Bertz CT molecular complexity index is 494. The minimum absolute atomic E-state index is 0.281. The van der Waals surface area contributed by atoms with Crippen molar-refractivity contribution in [2.45, 2.75) is 33.2 Å². The minimum atomic E-state index is 0.281. The van der Waals surface area contributed by atoms with Crippen LogP contribution in [-0.4, -0.2) is 16.5 Å².